The largest absolute Gasteiger partial charge is 0.493 e. The van der Waals surface area contributed by atoms with Crippen LogP contribution in [0.4, 0.5) is 5.69 Å². The zero-order valence-electron chi connectivity index (χ0n) is 21.7. The number of rotatable bonds is 11. The SMILES string of the molecule is CCOCCNC(=O)c1ccc2c(c1)[C@]1(CCO2)C(C)C1C(=O)Nc1cc(C#N)ccc1CCCC(=O)O. The molecule has 2 amide bonds. The van der Waals surface area contributed by atoms with E-state index in [9.17, 15) is 19.6 Å². The van der Waals surface area contributed by atoms with Gasteiger partial charge in [0.1, 0.15) is 5.75 Å². The van der Waals surface area contributed by atoms with E-state index in [1.807, 2.05) is 19.9 Å². The number of hydrogen-bond acceptors (Lipinski definition) is 6. The van der Waals surface area contributed by atoms with Gasteiger partial charge in [0.15, 0.2) is 0 Å². The summed E-state index contributed by atoms with van der Waals surface area (Å²) in [5.74, 6) is -0.869. The van der Waals surface area contributed by atoms with Crippen molar-refractivity contribution in [3.63, 3.8) is 0 Å². The second kappa shape index (κ2) is 11.7. The van der Waals surface area contributed by atoms with Crippen molar-refractivity contribution in [2.24, 2.45) is 11.8 Å². The van der Waals surface area contributed by atoms with Crippen LogP contribution in [0, 0.1) is 23.2 Å². The lowest BCUT2D eigenvalue weighted by Gasteiger charge is -2.28. The monoisotopic (exact) mass is 519 g/mol. The summed E-state index contributed by atoms with van der Waals surface area (Å²) in [5.41, 5.74) is 2.65. The van der Waals surface area contributed by atoms with Gasteiger partial charge in [-0.25, -0.2) is 0 Å². The van der Waals surface area contributed by atoms with Gasteiger partial charge < -0.3 is 25.2 Å². The number of carboxylic acids is 1. The van der Waals surface area contributed by atoms with E-state index in [1.54, 1.807) is 30.3 Å². The summed E-state index contributed by atoms with van der Waals surface area (Å²) >= 11 is 0. The summed E-state index contributed by atoms with van der Waals surface area (Å²) in [6.45, 7) is 5.84. The van der Waals surface area contributed by atoms with E-state index in [2.05, 4.69) is 16.7 Å². The minimum atomic E-state index is -0.876. The standard InChI is InChI=1S/C29H33N3O6/c1-3-37-14-12-31-27(35)21-9-10-24-22(16-21)29(11-13-38-24)18(2)26(29)28(36)32-23-15-19(17-30)7-8-20(23)5-4-6-25(33)34/h7-10,15-16,18,26H,3-6,11-14H2,1-2H3,(H,31,35)(H,32,36)(H,33,34)/t18?,26?,29-/m0/s1. The average Bonchev–Trinajstić information content (AvgIpc) is 3.49. The molecule has 0 radical (unpaired) electrons. The van der Waals surface area contributed by atoms with Gasteiger partial charge in [-0.15, -0.1) is 0 Å². The van der Waals surface area contributed by atoms with Gasteiger partial charge in [0.25, 0.3) is 5.91 Å². The van der Waals surface area contributed by atoms with Crippen molar-refractivity contribution < 1.29 is 29.0 Å². The normalized spacial score (nSPS) is 21.1. The Morgan fingerprint density at radius 1 is 1.24 bits per heavy atom. The Hall–Kier alpha value is -3.90. The number of anilines is 1. The molecule has 4 rings (SSSR count). The van der Waals surface area contributed by atoms with Crippen LogP contribution in [0.2, 0.25) is 0 Å². The fraction of sp³-hybridized carbons (Fsp3) is 0.448. The highest BCUT2D eigenvalue weighted by Gasteiger charge is 2.67. The minimum absolute atomic E-state index is 0.0223. The van der Waals surface area contributed by atoms with Crippen LogP contribution in [-0.4, -0.2) is 49.3 Å². The number of aryl methyl sites for hydroxylation is 1. The van der Waals surface area contributed by atoms with Gasteiger partial charge in [0.2, 0.25) is 5.91 Å². The second-order valence-electron chi connectivity index (χ2n) is 9.79. The molecule has 1 spiro atoms. The molecule has 1 saturated carbocycles. The molecule has 0 saturated heterocycles. The Labute approximate surface area is 222 Å². The summed E-state index contributed by atoms with van der Waals surface area (Å²) in [7, 11) is 0. The van der Waals surface area contributed by atoms with Crippen molar-refractivity contribution in [3.05, 3.63) is 58.7 Å². The van der Waals surface area contributed by atoms with Crippen molar-refractivity contribution >= 4 is 23.5 Å². The molecule has 3 atom stereocenters. The highest BCUT2D eigenvalue weighted by Crippen LogP contribution is 2.65. The summed E-state index contributed by atoms with van der Waals surface area (Å²) < 4.78 is 11.2. The number of hydrogen-bond donors (Lipinski definition) is 3. The molecule has 1 aliphatic heterocycles. The third-order valence-corrected chi connectivity index (χ3v) is 7.63. The van der Waals surface area contributed by atoms with Gasteiger partial charge in [-0.1, -0.05) is 13.0 Å². The maximum absolute atomic E-state index is 13.6. The highest BCUT2D eigenvalue weighted by atomic mass is 16.5. The molecule has 2 unspecified atom stereocenters. The van der Waals surface area contributed by atoms with Crippen LogP contribution in [0.3, 0.4) is 0 Å². The molecule has 38 heavy (non-hydrogen) atoms. The quantitative estimate of drug-likeness (QED) is 0.385. The first-order chi connectivity index (χ1) is 18.3. The fourth-order valence-electron chi connectivity index (χ4n) is 5.62. The molecule has 0 bridgehead atoms. The fourth-order valence-corrected chi connectivity index (χ4v) is 5.62. The summed E-state index contributed by atoms with van der Waals surface area (Å²) in [5, 5.41) is 24.2. The number of carbonyl (C=O) groups excluding carboxylic acids is 2. The molecule has 9 nitrogen and oxygen atoms in total. The Morgan fingerprint density at radius 2 is 2.05 bits per heavy atom. The van der Waals surface area contributed by atoms with E-state index in [0.717, 1.165) is 11.1 Å². The Morgan fingerprint density at radius 3 is 2.79 bits per heavy atom. The Bertz CT molecular complexity index is 1270. The number of aliphatic carboxylic acids is 1. The number of nitrogens with one attached hydrogen (secondary N) is 2. The molecular formula is C29H33N3O6. The van der Waals surface area contributed by atoms with Crippen LogP contribution >= 0.6 is 0 Å². The molecule has 1 aliphatic carbocycles. The summed E-state index contributed by atoms with van der Waals surface area (Å²) in [4.78, 5) is 37.3. The molecule has 0 aromatic heterocycles. The number of ether oxygens (including phenoxy) is 2. The number of amides is 2. The highest BCUT2D eigenvalue weighted by molar-refractivity contribution is 5.98. The van der Waals surface area contributed by atoms with E-state index in [-0.39, 0.29) is 30.1 Å². The topological polar surface area (TPSA) is 138 Å². The number of carbonyl (C=O) groups is 3. The smallest absolute Gasteiger partial charge is 0.303 e. The van der Waals surface area contributed by atoms with Crippen molar-refractivity contribution in [1.82, 2.24) is 5.32 Å². The van der Waals surface area contributed by atoms with Crippen molar-refractivity contribution in [2.75, 3.05) is 31.7 Å². The van der Waals surface area contributed by atoms with Gasteiger partial charge in [-0.3, -0.25) is 14.4 Å². The van der Waals surface area contributed by atoms with Gasteiger partial charge in [0.05, 0.1) is 30.8 Å². The summed E-state index contributed by atoms with van der Waals surface area (Å²) in [6.07, 6.45) is 1.57. The van der Waals surface area contributed by atoms with Crippen molar-refractivity contribution in [1.29, 1.82) is 5.26 Å². The number of nitrogens with zero attached hydrogens (tertiary/aromatic N) is 1. The lowest BCUT2D eigenvalue weighted by Crippen LogP contribution is -2.29. The molecule has 200 valence electrons. The average molecular weight is 520 g/mol. The predicted octanol–water partition coefficient (Wildman–Crippen LogP) is 3.66. The third-order valence-electron chi connectivity index (χ3n) is 7.63. The van der Waals surface area contributed by atoms with E-state index in [4.69, 9.17) is 14.6 Å². The first-order valence-electron chi connectivity index (χ1n) is 13.0. The molecular weight excluding hydrogens is 486 g/mol. The third kappa shape index (κ3) is 5.50. The van der Waals surface area contributed by atoms with Crippen LogP contribution in [0.1, 0.15) is 60.2 Å². The molecule has 2 aromatic carbocycles. The first kappa shape index (κ1) is 27.1. The lowest BCUT2D eigenvalue weighted by atomic mass is 9.85. The van der Waals surface area contributed by atoms with Crippen LogP contribution in [0.15, 0.2) is 36.4 Å². The van der Waals surface area contributed by atoms with Gasteiger partial charge in [0, 0.05) is 41.8 Å². The lowest BCUT2D eigenvalue weighted by molar-refractivity contribution is -0.137. The Balaban J connectivity index is 1.54. The van der Waals surface area contributed by atoms with Crippen LogP contribution in [0.5, 0.6) is 5.75 Å². The van der Waals surface area contributed by atoms with E-state index in [1.165, 1.54) is 0 Å². The maximum Gasteiger partial charge on any atom is 0.303 e. The molecule has 2 aromatic rings. The number of benzene rings is 2. The van der Waals surface area contributed by atoms with Crippen LogP contribution < -0.4 is 15.4 Å². The zero-order chi connectivity index (χ0) is 27.3. The zero-order valence-corrected chi connectivity index (χ0v) is 21.7. The second-order valence-corrected chi connectivity index (χ2v) is 9.79. The van der Waals surface area contributed by atoms with E-state index < -0.39 is 11.4 Å². The molecule has 1 heterocycles. The summed E-state index contributed by atoms with van der Waals surface area (Å²) in [6, 6.07) is 12.5. The molecule has 1 fully saturated rings. The molecule has 9 heteroatoms. The van der Waals surface area contributed by atoms with Crippen molar-refractivity contribution in [2.45, 2.75) is 44.9 Å². The Kier molecular flexibility index (Phi) is 8.32. The molecule has 2 aliphatic rings. The number of fused-ring (bicyclic) bond motifs is 2. The number of nitriles is 1. The maximum atomic E-state index is 13.6. The number of carboxylic acid groups (broad SMARTS) is 1. The van der Waals surface area contributed by atoms with E-state index in [0.29, 0.717) is 68.2 Å². The van der Waals surface area contributed by atoms with Gasteiger partial charge in [-0.05, 0) is 68.0 Å². The molecule has 3 N–H and O–H groups in total. The van der Waals surface area contributed by atoms with Crippen LogP contribution in [0.25, 0.3) is 0 Å². The van der Waals surface area contributed by atoms with Crippen LogP contribution in [-0.2, 0) is 26.2 Å². The van der Waals surface area contributed by atoms with Gasteiger partial charge in [-0.2, -0.15) is 5.26 Å². The predicted molar refractivity (Wildman–Crippen MR) is 140 cm³/mol. The first-order valence-corrected chi connectivity index (χ1v) is 13.0. The van der Waals surface area contributed by atoms with Crippen molar-refractivity contribution in [3.8, 4) is 11.8 Å². The van der Waals surface area contributed by atoms with E-state index >= 15 is 0 Å². The van der Waals surface area contributed by atoms with Gasteiger partial charge >= 0.3 is 5.97 Å². The minimum Gasteiger partial charge on any atom is -0.493 e.